The Labute approximate surface area is 106 Å². The fraction of sp³-hybridized carbons (Fsp3) is 0.286. The van der Waals surface area contributed by atoms with Crippen LogP contribution in [0.2, 0.25) is 0 Å². The molecule has 4 nitrogen and oxygen atoms in total. The van der Waals surface area contributed by atoms with Crippen LogP contribution < -0.4 is 0 Å². The zero-order valence-corrected chi connectivity index (χ0v) is 10.8. The average molecular weight is 244 g/mol. The molecule has 18 heavy (non-hydrogen) atoms. The molecule has 4 heteroatoms. The lowest BCUT2D eigenvalue weighted by Gasteiger charge is -2.06. The van der Waals surface area contributed by atoms with Crippen LogP contribution in [-0.4, -0.2) is 22.9 Å². The van der Waals surface area contributed by atoms with Gasteiger partial charge in [0.1, 0.15) is 0 Å². The molecule has 0 radical (unpaired) electrons. The molecule has 0 spiro atoms. The molecule has 0 bridgehead atoms. The van der Waals surface area contributed by atoms with Crippen LogP contribution >= 0.6 is 0 Å². The maximum Gasteiger partial charge on any atom is 0.309 e. The molecule has 0 saturated carbocycles. The van der Waals surface area contributed by atoms with E-state index in [4.69, 9.17) is 0 Å². The van der Waals surface area contributed by atoms with Crippen LogP contribution in [0.1, 0.15) is 17.0 Å². The Balaban J connectivity index is 2.32. The van der Waals surface area contributed by atoms with Crippen molar-refractivity contribution >= 4 is 5.97 Å². The third-order valence-corrected chi connectivity index (χ3v) is 2.74. The quantitative estimate of drug-likeness (QED) is 0.777. The number of rotatable bonds is 3. The van der Waals surface area contributed by atoms with E-state index < -0.39 is 0 Å². The first-order valence-corrected chi connectivity index (χ1v) is 5.79. The summed E-state index contributed by atoms with van der Waals surface area (Å²) in [6.45, 7) is 3.97. The van der Waals surface area contributed by atoms with Gasteiger partial charge in [0.25, 0.3) is 0 Å². The minimum absolute atomic E-state index is 0.236. The second-order valence-electron chi connectivity index (χ2n) is 4.26. The smallest absolute Gasteiger partial charge is 0.309 e. The van der Waals surface area contributed by atoms with E-state index in [1.165, 1.54) is 7.11 Å². The van der Waals surface area contributed by atoms with E-state index in [0.29, 0.717) is 0 Å². The molecule has 1 heterocycles. The summed E-state index contributed by atoms with van der Waals surface area (Å²) in [6, 6.07) is 9.78. The predicted octanol–water partition coefficient (Wildman–Crippen LogP) is 2.20. The Morgan fingerprint density at radius 1 is 1.33 bits per heavy atom. The standard InChI is InChI=1S/C14H16N2O2/c1-10-7-11(2)16(15-10)13-6-4-5-12(8-13)9-14(17)18-3/h4-8H,9H2,1-3H3. The highest BCUT2D eigenvalue weighted by Gasteiger charge is 2.07. The zero-order chi connectivity index (χ0) is 13.1. The van der Waals surface area contributed by atoms with E-state index >= 15 is 0 Å². The molecule has 2 aromatic rings. The molecular formula is C14H16N2O2. The van der Waals surface area contributed by atoms with Gasteiger partial charge in [0.2, 0.25) is 0 Å². The number of benzene rings is 1. The van der Waals surface area contributed by atoms with E-state index in [1.54, 1.807) is 0 Å². The Morgan fingerprint density at radius 2 is 2.11 bits per heavy atom. The summed E-state index contributed by atoms with van der Waals surface area (Å²) in [6.07, 6.45) is 0.281. The van der Waals surface area contributed by atoms with E-state index in [2.05, 4.69) is 9.84 Å². The number of carbonyl (C=O) groups is 1. The van der Waals surface area contributed by atoms with Gasteiger partial charge in [-0.1, -0.05) is 12.1 Å². The molecule has 0 aliphatic carbocycles. The van der Waals surface area contributed by atoms with Crippen LogP contribution in [0.25, 0.3) is 5.69 Å². The number of hydrogen-bond donors (Lipinski definition) is 0. The summed E-state index contributed by atoms with van der Waals surface area (Å²) in [4.78, 5) is 11.3. The maximum absolute atomic E-state index is 11.3. The third-order valence-electron chi connectivity index (χ3n) is 2.74. The first-order valence-electron chi connectivity index (χ1n) is 5.79. The molecule has 0 unspecified atom stereocenters. The van der Waals surface area contributed by atoms with Gasteiger partial charge in [-0.05, 0) is 37.6 Å². The summed E-state index contributed by atoms with van der Waals surface area (Å²) in [5.74, 6) is -0.236. The highest BCUT2D eigenvalue weighted by atomic mass is 16.5. The van der Waals surface area contributed by atoms with E-state index in [0.717, 1.165) is 22.6 Å². The number of aromatic nitrogens is 2. The zero-order valence-electron chi connectivity index (χ0n) is 10.8. The number of methoxy groups -OCH3 is 1. The van der Waals surface area contributed by atoms with E-state index in [9.17, 15) is 4.79 Å². The van der Waals surface area contributed by atoms with Gasteiger partial charge in [0.15, 0.2) is 0 Å². The van der Waals surface area contributed by atoms with Crippen LogP contribution in [0.3, 0.4) is 0 Å². The first-order chi connectivity index (χ1) is 8.60. The highest BCUT2D eigenvalue weighted by Crippen LogP contribution is 2.14. The van der Waals surface area contributed by atoms with Crippen molar-refractivity contribution in [3.8, 4) is 5.69 Å². The van der Waals surface area contributed by atoms with Crippen molar-refractivity contribution in [3.05, 3.63) is 47.3 Å². The molecule has 1 aromatic carbocycles. The van der Waals surface area contributed by atoms with Crippen molar-refractivity contribution in [2.75, 3.05) is 7.11 Å². The Hall–Kier alpha value is -2.10. The lowest BCUT2D eigenvalue weighted by Crippen LogP contribution is -2.06. The highest BCUT2D eigenvalue weighted by molar-refractivity contribution is 5.72. The summed E-state index contributed by atoms with van der Waals surface area (Å²) >= 11 is 0. The van der Waals surface area contributed by atoms with Crippen LogP contribution in [0.5, 0.6) is 0 Å². The van der Waals surface area contributed by atoms with Gasteiger partial charge in [0, 0.05) is 5.69 Å². The molecule has 94 valence electrons. The Morgan fingerprint density at radius 3 is 2.72 bits per heavy atom. The van der Waals surface area contributed by atoms with Gasteiger partial charge in [0.05, 0.1) is 24.9 Å². The molecule has 0 aliphatic heterocycles. The van der Waals surface area contributed by atoms with Crippen molar-refractivity contribution in [1.82, 2.24) is 9.78 Å². The molecule has 0 fully saturated rings. The third kappa shape index (κ3) is 2.59. The number of hydrogen-bond acceptors (Lipinski definition) is 3. The molecule has 0 N–H and O–H groups in total. The van der Waals surface area contributed by atoms with Crippen LogP contribution in [0.4, 0.5) is 0 Å². The van der Waals surface area contributed by atoms with Gasteiger partial charge in [-0.25, -0.2) is 4.68 Å². The normalized spacial score (nSPS) is 10.4. The molecular weight excluding hydrogens is 228 g/mol. The van der Waals surface area contributed by atoms with Gasteiger partial charge in [-0.15, -0.1) is 0 Å². The van der Waals surface area contributed by atoms with E-state index in [-0.39, 0.29) is 12.4 Å². The lowest BCUT2D eigenvalue weighted by atomic mass is 10.1. The van der Waals surface area contributed by atoms with Gasteiger partial charge in [-0.2, -0.15) is 5.10 Å². The number of aryl methyl sites for hydroxylation is 2. The van der Waals surface area contributed by atoms with Crippen LogP contribution in [0.15, 0.2) is 30.3 Å². The number of esters is 1. The minimum atomic E-state index is -0.236. The minimum Gasteiger partial charge on any atom is -0.469 e. The fourth-order valence-corrected chi connectivity index (χ4v) is 1.93. The Bertz CT molecular complexity index is 573. The van der Waals surface area contributed by atoms with Crippen LogP contribution in [-0.2, 0) is 16.0 Å². The second-order valence-corrected chi connectivity index (χ2v) is 4.26. The van der Waals surface area contributed by atoms with Crippen LogP contribution in [0, 0.1) is 13.8 Å². The van der Waals surface area contributed by atoms with Gasteiger partial charge < -0.3 is 4.74 Å². The van der Waals surface area contributed by atoms with Crippen molar-refractivity contribution in [3.63, 3.8) is 0 Å². The van der Waals surface area contributed by atoms with Crippen molar-refractivity contribution < 1.29 is 9.53 Å². The van der Waals surface area contributed by atoms with Crippen molar-refractivity contribution in [2.45, 2.75) is 20.3 Å². The number of nitrogens with zero attached hydrogens (tertiary/aromatic N) is 2. The summed E-state index contributed by atoms with van der Waals surface area (Å²) in [5, 5.41) is 4.42. The maximum atomic E-state index is 11.3. The SMILES string of the molecule is COC(=O)Cc1cccc(-n2nc(C)cc2C)c1. The van der Waals surface area contributed by atoms with Crippen molar-refractivity contribution in [1.29, 1.82) is 0 Å². The second kappa shape index (κ2) is 5.04. The molecule has 0 atom stereocenters. The monoisotopic (exact) mass is 244 g/mol. The summed E-state index contributed by atoms with van der Waals surface area (Å²) in [7, 11) is 1.40. The predicted molar refractivity (Wildman–Crippen MR) is 68.8 cm³/mol. The van der Waals surface area contributed by atoms with Crippen molar-refractivity contribution in [2.24, 2.45) is 0 Å². The molecule has 0 amide bonds. The molecule has 0 aliphatic rings. The largest absolute Gasteiger partial charge is 0.469 e. The molecule has 0 saturated heterocycles. The topological polar surface area (TPSA) is 44.1 Å². The average Bonchev–Trinajstić information content (AvgIpc) is 2.68. The molecule has 1 aromatic heterocycles. The number of ether oxygens (including phenoxy) is 1. The summed E-state index contributed by atoms with van der Waals surface area (Å²) in [5.41, 5.74) is 3.93. The molecule has 2 rings (SSSR count). The lowest BCUT2D eigenvalue weighted by molar-refractivity contribution is -0.139. The summed E-state index contributed by atoms with van der Waals surface area (Å²) < 4.78 is 6.54. The fourth-order valence-electron chi connectivity index (χ4n) is 1.93. The Kier molecular flexibility index (Phi) is 3.46. The number of carbonyl (C=O) groups excluding carboxylic acids is 1. The first kappa shape index (κ1) is 12.4. The van der Waals surface area contributed by atoms with Gasteiger partial charge >= 0.3 is 5.97 Å². The van der Waals surface area contributed by atoms with E-state index in [1.807, 2.05) is 48.9 Å². The van der Waals surface area contributed by atoms with Gasteiger partial charge in [-0.3, -0.25) is 4.79 Å².